The van der Waals surface area contributed by atoms with Crippen LogP contribution in [0, 0.1) is 21.4 Å². The number of aromatic nitrogens is 1. The molecule has 2 N–H and O–H groups in total. The molecular weight excluding hydrogens is 384 g/mol. The Labute approximate surface area is 160 Å². The zero-order chi connectivity index (χ0) is 20.5. The van der Waals surface area contributed by atoms with Crippen LogP contribution in [0.4, 0.5) is 5.69 Å². The van der Waals surface area contributed by atoms with Crippen molar-refractivity contribution >= 4 is 21.3 Å². The van der Waals surface area contributed by atoms with Gasteiger partial charge in [-0.1, -0.05) is 18.2 Å². The summed E-state index contributed by atoms with van der Waals surface area (Å²) in [5, 5.41) is 20.5. The van der Waals surface area contributed by atoms with Gasteiger partial charge in [-0.15, -0.1) is 0 Å². The molecule has 9 nitrogen and oxygen atoms in total. The van der Waals surface area contributed by atoms with Gasteiger partial charge in [0.1, 0.15) is 22.2 Å². The lowest BCUT2D eigenvalue weighted by Crippen LogP contribution is -2.24. The van der Waals surface area contributed by atoms with Gasteiger partial charge in [-0.05, 0) is 17.7 Å². The number of nitrogens with zero attached hydrogens (tertiary/aromatic N) is 3. The van der Waals surface area contributed by atoms with Gasteiger partial charge < -0.3 is 10.5 Å². The number of nitro groups is 1. The lowest BCUT2D eigenvalue weighted by atomic mass is 9.89. The summed E-state index contributed by atoms with van der Waals surface area (Å²) < 4.78 is 30.8. The summed E-state index contributed by atoms with van der Waals surface area (Å²) >= 11 is 0. The minimum absolute atomic E-state index is 0.0806. The molecule has 0 saturated heterocycles. The summed E-state index contributed by atoms with van der Waals surface area (Å²) in [6, 6.07) is 12.0. The number of pyridine rings is 1. The third-order valence-electron chi connectivity index (χ3n) is 4.11. The molecule has 0 amide bonds. The fourth-order valence-electron chi connectivity index (χ4n) is 2.90. The Hall–Kier alpha value is -3.71. The summed E-state index contributed by atoms with van der Waals surface area (Å²) in [6.07, 6.45) is 2.45. The van der Waals surface area contributed by atoms with Gasteiger partial charge in [-0.2, -0.15) is 5.26 Å². The molecule has 28 heavy (non-hydrogen) atoms. The van der Waals surface area contributed by atoms with Crippen LogP contribution >= 0.6 is 0 Å². The number of rotatable bonds is 4. The van der Waals surface area contributed by atoms with E-state index in [0.29, 0.717) is 5.56 Å². The number of non-ortho nitro benzene ring substituents is 1. The van der Waals surface area contributed by atoms with E-state index < -0.39 is 20.7 Å². The number of nitro benzene ring substituents is 1. The molecule has 0 saturated carbocycles. The fraction of sp³-hybridized carbons (Fsp3) is 0.111. The van der Waals surface area contributed by atoms with Crippen LogP contribution in [0.25, 0.3) is 5.76 Å². The quantitative estimate of drug-likeness (QED) is 0.608. The van der Waals surface area contributed by atoms with Crippen molar-refractivity contribution in [2.75, 3.05) is 6.26 Å². The van der Waals surface area contributed by atoms with E-state index in [4.69, 9.17) is 10.5 Å². The molecule has 1 aromatic heterocycles. The highest BCUT2D eigenvalue weighted by atomic mass is 32.2. The van der Waals surface area contributed by atoms with Crippen molar-refractivity contribution in [2.45, 2.75) is 5.92 Å². The molecule has 1 aliphatic heterocycles. The first-order chi connectivity index (χ1) is 13.2. The summed E-state index contributed by atoms with van der Waals surface area (Å²) in [5.41, 5.74) is 6.21. The van der Waals surface area contributed by atoms with Crippen LogP contribution < -0.4 is 5.73 Å². The standard InChI is InChI=1S/C18H14N4O5S/c1-28(25,26)17-15(11-5-7-12(8-6-11)22(23)24)13(10-19)18(20)27-16(17)14-4-2-3-9-21-14/h2-9,15H,20H2,1H3. The maximum atomic E-state index is 12.7. The highest BCUT2D eigenvalue weighted by Crippen LogP contribution is 2.44. The molecule has 1 aliphatic rings. The van der Waals surface area contributed by atoms with Gasteiger partial charge >= 0.3 is 0 Å². The third kappa shape index (κ3) is 3.43. The van der Waals surface area contributed by atoms with Crippen molar-refractivity contribution in [3.05, 3.63) is 86.4 Å². The topological polar surface area (TPSA) is 149 Å². The average molecular weight is 398 g/mol. The van der Waals surface area contributed by atoms with E-state index in [-0.39, 0.29) is 33.5 Å². The number of ether oxygens (including phenoxy) is 1. The molecule has 3 rings (SSSR count). The molecule has 142 valence electrons. The van der Waals surface area contributed by atoms with Crippen molar-refractivity contribution in [2.24, 2.45) is 5.73 Å². The number of allylic oxidation sites excluding steroid dienone is 2. The van der Waals surface area contributed by atoms with Crippen molar-refractivity contribution in [3.63, 3.8) is 0 Å². The van der Waals surface area contributed by atoms with Crippen LogP contribution in [0.15, 0.2) is 65.0 Å². The molecule has 2 heterocycles. The molecule has 1 aromatic carbocycles. The van der Waals surface area contributed by atoms with Crippen molar-refractivity contribution in [1.29, 1.82) is 5.26 Å². The molecule has 1 unspecified atom stereocenters. The molecule has 10 heteroatoms. The maximum Gasteiger partial charge on any atom is 0.269 e. The maximum absolute atomic E-state index is 12.7. The van der Waals surface area contributed by atoms with Crippen LogP contribution in [-0.4, -0.2) is 24.6 Å². The molecule has 0 fully saturated rings. The Morgan fingerprint density at radius 2 is 1.93 bits per heavy atom. The second-order valence-corrected chi connectivity index (χ2v) is 7.94. The van der Waals surface area contributed by atoms with Gasteiger partial charge in [0.2, 0.25) is 5.88 Å². The average Bonchev–Trinajstić information content (AvgIpc) is 2.67. The Bertz CT molecular complexity index is 1150. The molecule has 0 spiro atoms. The molecular formula is C18H14N4O5S. The molecule has 0 radical (unpaired) electrons. The Morgan fingerprint density at radius 1 is 1.25 bits per heavy atom. The number of benzene rings is 1. The summed E-state index contributed by atoms with van der Waals surface area (Å²) in [6.45, 7) is 0. The minimum atomic E-state index is -3.87. The number of nitrogens with two attached hydrogens (primary N) is 1. The molecule has 0 bridgehead atoms. The fourth-order valence-corrected chi connectivity index (χ4v) is 4.07. The number of nitriles is 1. The number of sulfone groups is 1. The highest BCUT2D eigenvalue weighted by molar-refractivity contribution is 7.94. The lowest BCUT2D eigenvalue weighted by Gasteiger charge is -2.27. The predicted octanol–water partition coefficient (Wildman–Crippen LogP) is 2.21. The van der Waals surface area contributed by atoms with Gasteiger partial charge in [0.05, 0.1) is 10.8 Å². The van der Waals surface area contributed by atoms with Crippen LogP contribution in [0.3, 0.4) is 0 Å². The van der Waals surface area contributed by atoms with Gasteiger partial charge in [-0.25, -0.2) is 8.42 Å². The van der Waals surface area contributed by atoms with Crippen LogP contribution in [0.5, 0.6) is 0 Å². The molecule has 2 aromatic rings. The zero-order valence-corrected chi connectivity index (χ0v) is 15.4. The summed E-state index contributed by atoms with van der Waals surface area (Å²) in [7, 11) is -3.87. The van der Waals surface area contributed by atoms with E-state index in [1.807, 2.05) is 6.07 Å². The van der Waals surface area contributed by atoms with Crippen molar-refractivity contribution in [1.82, 2.24) is 4.98 Å². The number of hydrogen-bond acceptors (Lipinski definition) is 8. The molecule has 1 atom stereocenters. The lowest BCUT2D eigenvalue weighted by molar-refractivity contribution is -0.384. The zero-order valence-electron chi connectivity index (χ0n) is 14.6. The second kappa shape index (κ2) is 7.13. The summed E-state index contributed by atoms with van der Waals surface area (Å²) in [5.74, 6) is -1.41. The van der Waals surface area contributed by atoms with E-state index in [9.17, 15) is 23.8 Å². The Kier molecular flexibility index (Phi) is 4.85. The molecule has 0 aliphatic carbocycles. The van der Waals surface area contributed by atoms with Crippen molar-refractivity contribution < 1.29 is 18.1 Å². The SMILES string of the molecule is CS(=O)(=O)C1=C(c2ccccn2)OC(N)=C(C#N)C1c1ccc([N+](=O)[O-])cc1. The van der Waals surface area contributed by atoms with E-state index >= 15 is 0 Å². The van der Waals surface area contributed by atoms with Gasteiger partial charge in [0, 0.05) is 24.6 Å². The van der Waals surface area contributed by atoms with Crippen LogP contribution in [-0.2, 0) is 14.6 Å². The van der Waals surface area contributed by atoms with E-state index in [2.05, 4.69) is 4.98 Å². The highest BCUT2D eigenvalue weighted by Gasteiger charge is 2.39. The van der Waals surface area contributed by atoms with E-state index in [0.717, 1.165) is 6.26 Å². The van der Waals surface area contributed by atoms with E-state index in [1.165, 1.54) is 30.5 Å². The Morgan fingerprint density at radius 3 is 2.43 bits per heavy atom. The number of hydrogen-bond donors (Lipinski definition) is 1. The minimum Gasteiger partial charge on any atom is -0.437 e. The first kappa shape index (κ1) is 19.1. The van der Waals surface area contributed by atoms with Gasteiger partial charge in [-0.3, -0.25) is 15.1 Å². The smallest absolute Gasteiger partial charge is 0.269 e. The van der Waals surface area contributed by atoms with Crippen molar-refractivity contribution in [3.8, 4) is 6.07 Å². The first-order valence-electron chi connectivity index (χ1n) is 7.91. The predicted molar refractivity (Wildman–Crippen MR) is 99.7 cm³/mol. The Balaban J connectivity index is 2.30. The van der Waals surface area contributed by atoms with Gasteiger partial charge in [0.15, 0.2) is 15.6 Å². The largest absolute Gasteiger partial charge is 0.437 e. The van der Waals surface area contributed by atoms with E-state index in [1.54, 1.807) is 18.2 Å². The monoisotopic (exact) mass is 398 g/mol. The summed E-state index contributed by atoms with van der Waals surface area (Å²) in [4.78, 5) is 14.3. The second-order valence-electron chi connectivity index (χ2n) is 5.95. The normalized spacial score (nSPS) is 17.1. The third-order valence-corrected chi connectivity index (χ3v) is 5.33. The first-order valence-corrected chi connectivity index (χ1v) is 9.80. The van der Waals surface area contributed by atoms with Crippen LogP contribution in [0.2, 0.25) is 0 Å². The van der Waals surface area contributed by atoms with Gasteiger partial charge in [0.25, 0.3) is 5.69 Å². The van der Waals surface area contributed by atoms with Crippen LogP contribution in [0.1, 0.15) is 17.2 Å².